The first kappa shape index (κ1) is 15.2. The molecule has 0 bridgehead atoms. The fourth-order valence-electron chi connectivity index (χ4n) is 2.24. The molecule has 0 spiro atoms. The lowest BCUT2D eigenvalue weighted by atomic mass is 10.2. The minimum absolute atomic E-state index is 0.0962. The summed E-state index contributed by atoms with van der Waals surface area (Å²) in [5, 5.41) is 4.21. The third-order valence-corrected chi connectivity index (χ3v) is 3.64. The molecule has 1 aromatic carbocycles. The average molecular weight is 333 g/mol. The molecule has 0 amide bonds. The molecule has 2 N–H and O–H groups in total. The number of benzene rings is 1. The molecular weight excluding hydrogens is 319 g/mol. The van der Waals surface area contributed by atoms with Crippen LogP contribution in [0.3, 0.4) is 0 Å². The van der Waals surface area contributed by atoms with Crippen LogP contribution in [0.4, 0.5) is 15.9 Å². The Bertz CT molecular complexity index is 821. The van der Waals surface area contributed by atoms with Crippen LogP contribution < -0.4 is 10.6 Å². The van der Waals surface area contributed by atoms with Crippen molar-refractivity contribution in [1.82, 2.24) is 19.7 Å². The summed E-state index contributed by atoms with van der Waals surface area (Å²) in [5.74, 6) is 0.584. The molecule has 0 aliphatic heterocycles. The summed E-state index contributed by atoms with van der Waals surface area (Å²) >= 11 is 5.70. The predicted octanol–water partition coefficient (Wildman–Crippen LogP) is 2.67. The zero-order chi connectivity index (χ0) is 16.4. The monoisotopic (exact) mass is 332 g/mol. The van der Waals surface area contributed by atoms with Crippen molar-refractivity contribution >= 4 is 23.1 Å². The second-order valence-electron chi connectivity index (χ2n) is 4.99. The van der Waals surface area contributed by atoms with E-state index < -0.39 is 5.82 Å². The molecule has 0 aliphatic carbocycles. The quantitative estimate of drug-likeness (QED) is 0.795. The molecular formula is C15H14ClFN6. The smallest absolute Gasteiger partial charge is 0.181 e. The van der Waals surface area contributed by atoms with Gasteiger partial charge < -0.3 is 10.6 Å². The summed E-state index contributed by atoms with van der Waals surface area (Å²) in [6.07, 6.45) is 4.81. The number of nitrogen functional groups attached to an aromatic ring is 1. The van der Waals surface area contributed by atoms with Gasteiger partial charge in [-0.1, -0.05) is 17.7 Å². The van der Waals surface area contributed by atoms with E-state index in [-0.39, 0.29) is 5.02 Å². The number of halogens is 2. The maximum atomic E-state index is 13.5. The number of nitrogens with zero attached hydrogens (tertiary/aromatic N) is 5. The lowest BCUT2D eigenvalue weighted by molar-refractivity contribution is 0.625. The average Bonchev–Trinajstić information content (AvgIpc) is 3.05. The zero-order valence-corrected chi connectivity index (χ0v) is 13.1. The first-order valence-corrected chi connectivity index (χ1v) is 7.19. The molecule has 2 aromatic heterocycles. The van der Waals surface area contributed by atoms with Gasteiger partial charge in [-0.3, -0.25) is 0 Å². The van der Waals surface area contributed by atoms with E-state index in [0.717, 1.165) is 5.56 Å². The molecule has 3 aromatic rings. The minimum Gasteiger partial charge on any atom is -0.393 e. The molecule has 0 aliphatic rings. The van der Waals surface area contributed by atoms with Gasteiger partial charge in [0.05, 0.1) is 5.02 Å². The van der Waals surface area contributed by atoms with Crippen molar-refractivity contribution in [3.63, 3.8) is 0 Å². The van der Waals surface area contributed by atoms with Gasteiger partial charge in [0, 0.05) is 26.0 Å². The van der Waals surface area contributed by atoms with Crippen molar-refractivity contribution in [3.05, 3.63) is 59.4 Å². The predicted molar refractivity (Wildman–Crippen MR) is 87.1 cm³/mol. The third kappa shape index (κ3) is 3.09. The molecule has 0 atom stereocenters. The molecule has 0 saturated heterocycles. The number of hydrogen-bond donors (Lipinski definition) is 1. The van der Waals surface area contributed by atoms with Gasteiger partial charge in [-0.25, -0.2) is 19.0 Å². The van der Waals surface area contributed by atoms with Crippen LogP contribution in [0.25, 0.3) is 5.82 Å². The summed E-state index contributed by atoms with van der Waals surface area (Å²) < 4.78 is 15.1. The van der Waals surface area contributed by atoms with Crippen LogP contribution in [0.1, 0.15) is 5.56 Å². The maximum Gasteiger partial charge on any atom is 0.181 e. The largest absolute Gasteiger partial charge is 0.393 e. The number of rotatable bonds is 4. The summed E-state index contributed by atoms with van der Waals surface area (Å²) in [6.45, 7) is 0.424. The first-order valence-electron chi connectivity index (χ1n) is 6.82. The Kier molecular flexibility index (Phi) is 4.12. The third-order valence-electron chi connectivity index (χ3n) is 3.33. The highest BCUT2D eigenvalue weighted by molar-refractivity contribution is 6.30. The molecule has 3 rings (SSSR count). The second kappa shape index (κ2) is 6.21. The van der Waals surface area contributed by atoms with Gasteiger partial charge in [0.25, 0.3) is 0 Å². The summed E-state index contributed by atoms with van der Waals surface area (Å²) in [4.78, 5) is 10.2. The highest BCUT2D eigenvalue weighted by atomic mass is 35.5. The Morgan fingerprint density at radius 3 is 2.87 bits per heavy atom. The molecule has 0 fully saturated rings. The molecule has 8 heteroatoms. The van der Waals surface area contributed by atoms with E-state index in [1.165, 1.54) is 18.5 Å². The highest BCUT2D eigenvalue weighted by Crippen LogP contribution is 2.25. The van der Waals surface area contributed by atoms with E-state index in [0.29, 0.717) is 23.9 Å². The van der Waals surface area contributed by atoms with Crippen molar-refractivity contribution in [3.8, 4) is 5.82 Å². The van der Waals surface area contributed by atoms with E-state index in [1.54, 1.807) is 29.2 Å². The normalized spacial score (nSPS) is 10.7. The van der Waals surface area contributed by atoms with Crippen molar-refractivity contribution in [2.75, 3.05) is 17.7 Å². The Hall–Kier alpha value is -2.67. The number of anilines is 2. The Balaban J connectivity index is 1.89. The van der Waals surface area contributed by atoms with E-state index >= 15 is 0 Å². The van der Waals surface area contributed by atoms with Crippen LogP contribution in [0, 0.1) is 5.82 Å². The summed E-state index contributed by atoms with van der Waals surface area (Å²) in [6, 6.07) is 6.46. The van der Waals surface area contributed by atoms with Gasteiger partial charge in [-0.2, -0.15) is 5.10 Å². The van der Waals surface area contributed by atoms with Gasteiger partial charge in [0.2, 0.25) is 0 Å². The van der Waals surface area contributed by atoms with Gasteiger partial charge in [0.1, 0.15) is 17.8 Å². The molecule has 0 radical (unpaired) electrons. The molecule has 6 nitrogen and oxygen atoms in total. The Morgan fingerprint density at radius 1 is 1.35 bits per heavy atom. The Morgan fingerprint density at radius 2 is 2.17 bits per heavy atom. The SMILES string of the molecule is CN(Cc1ccc(Cl)c(F)c1)c1ncnc(-n2cccn2)c1N. The summed E-state index contributed by atoms with van der Waals surface area (Å²) in [5.41, 5.74) is 7.31. The lowest BCUT2D eigenvalue weighted by Gasteiger charge is -2.20. The van der Waals surface area contributed by atoms with Crippen LogP contribution >= 0.6 is 11.6 Å². The molecule has 118 valence electrons. The second-order valence-corrected chi connectivity index (χ2v) is 5.40. The first-order chi connectivity index (χ1) is 11.1. The molecule has 0 unspecified atom stereocenters. The van der Waals surface area contributed by atoms with E-state index in [4.69, 9.17) is 17.3 Å². The minimum atomic E-state index is -0.453. The zero-order valence-electron chi connectivity index (χ0n) is 12.3. The van der Waals surface area contributed by atoms with Crippen molar-refractivity contribution in [2.45, 2.75) is 6.54 Å². The van der Waals surface area contributed by atoms with E-state index in [9.17, 15) is 4.39 Å². The van der Waals surface area contributed by atoms with Gasteiger partial charge in [0.15, 0.2) is 11.6 Å². The standard InChI is InChI=1S/C15H14ClFN6/c1-22(8-10-3-4-11(16)12(17)7-10)14-13(18)15(20-9-19-14)23-6-2-5-21-23/h2-7,9H,8,18H2,1H3. The van der Waals surface area contributed by atoms with Crippen molar-refractivity contribution in [1.29, 1.82) is 0 Å². The van der Waals surface area contributed by atoms with Crippen LogP contribution in [-0.2, 0) is 6.54 Å². The fraction of sp³-hybridized carbons (Fsp3) is 0.133. The fourth-order valence-corrected chi connectivity index (χ4v) is 2.36. The number of hydrogen-bond acceptors (Lipinski definition) is 5. The lowest BCUT2D eigenvalue weighted by Crippen LogP contribution is -2.20. The Labute approximate surface area is 137 Å². The maximum absolute atomic E-state index is 13.5. The van der Waals surface area contributed by atoms with Gasteiger partial charge in [-0.15, -0.1) is 0 Å². The summed E-state index contributed by atoms with van der Waals surface area (Å²) in [7, 11) is 1.82. The van der Waals surface area contributed by atoms with Crippen molar-refractivity contribution in [2.24, 2.45) is 0 Å². The number of nitrogens with two attached hydrogens (primary N) is 1. The van der Waals surface area contributed by atoms with Crippen LogP contribution in [-0.4, -0.2) is 26.8 Å². The molecule has 0 saturated carbocycles. The van der Waals surface area contributed by atoms with Crippen molar-refractivity contribution < 1.29 is 4.39 Å². The molecule has 2 heterocycles. The highest BCUT2D eigenvalue weighted by Gasteiger charge is 2.14. The number of aromatic nitrogens is 4. The van der Waals surface area contributed by atoms with Crippen LogP contribution in [0.15, 0.2) is 43.0 Å². The molecule has 23 heavy (non-hydrogen) atoms. The van der Waals surface area contributed by atoms with Gasteiger partial charge >= 0.3 is 0 Å². The van der Waals surface area contributed by atoms with Gasteiger partial charge in [-0.05, 0) is 23.8 Å². The van der Waals surface area contributed by atoms with E-state index in [1.807, 2.05) is 11.9 Å². The topological polar surface area (TPSA) is 72.9 Å². The van der Waals surface area contributed by atoms with Crippen LogP contribution in [0.5, 0.6) is 0 Å². The van der Waals surface area contributed by atoms with E-state index in [2.05, 4.69) is 15.1 Å². The van der Waals surface area contributed by atoms with Crippen LogP contribution in [0.2, 0.25) is 5.02 Å².